The summed E-state index contributed by atoms with van der Waals surface area (Å²) in [5.41, 5.74) is 1.08. The highest BCUT2D eigenvalue weighted by Crippen LogP contribution is 2.30. The molecule has 0 saturated carbocycles. The fraction of sp³-hybridized carbons (Fsp3) is 0.261. The quantitative estimate of drug-likeness (QED) is 0.486. The Labute approximate surface area is 173 Å². The van der Waals surface area contributed by atoms with Gasteiger partial charge in [-0.2, -0.15) is 0 Å². The topological polar surface area (TPSA) is 59.2 Å². The number of hydrogen-bond acceptors (Lipinski definition) is 5. The fourth-order valence-corrected chi connectivity index (χ4v) is 4.67. The molecule has 1 unspecified atom stereocenters. The van der Waals surface area contributed by atoms with E-state index in [0.29, 0.717) is 24.7 Å². The minimum absolute atomic E-state index is 0.0985. The normalized spacial score (nSPS) is 17.0. The van der Waals surface area contributed by atoms with Gasteiger partial charge in [-0.25, -0.2) is 0 Å². The van der Waals surface area contributed by atoms with Gasteiger partial charge in [-0.15, -0.1) is 21.5 Å². The van der Waals surface area contributed by atoms with Crippen LogP contribution in [0.2, 0.25) is 0 Å². The smallest absolute Gasteiger partial charge is 0.257 e. The third-order valence-corrected chi connectivity index (χ3v) is 6.38. The van der Waals surface area contributed by atoms with Crippen LogP contribution in [0.1, 0.15) is 30.2 Å². The van der Waals surface area contributed by atoms with Crippen molar-refractivity contribution >= 4 is 28.0 Å². The molecule has 1 aliphatic heterocycles. The molecule has 1 fully saturated rings. The van der Waals surface area contributed by atoms with Gasteiger partial charge in [0.1, 0.15) is 0 Å². The van der Waals surface area contributed by atoms with Crippen LogP contribution in [0.4, 0.5) is 0 Å². The van der Waals surface area contributed by atoms with Gasteiger partial charge in [0.2, 0.25) is 11.8 Å². The molecule has 0 bridgehead atoms. The number of likely N-dealkylation sites (tertiary alicyclic amines) is 1. The van der Waals surface area contributed by atoms with E-state index >= 15 is 0 Å². The van der Waals surface area contributed by atoms with E-state index in [1.165, 1.54) is 5.39 Å². The molecule has 0 N–H and O–H groups in total. The Hall–Kier alpha value is -2.99. The zero-order valence-electron chi connectivity index (χ0n) is 16.0. The standard InChI is InChI=1S/C23H21N3O2S/c27-21(14-17-8-3-7-16-6-1-2-10-19(16)17)26-12-4-9-18(15-26)22-24-25-23(28-22)20-11-5-13-29-20/h1-3,5-8,10-11,13,18H,4,9,12,14-15H2. The minimum atomic E-state index is 0.0985. The lowest BCUT2D eigenvalue weighted by Crippen LogP contribution is -2.40. The van der Waals surface area contributed by atoms with Crippen molar-refractivity contribution in [3.05, 3.63) is 71.4 Å². The van der Waals surface area contributed by atoms with E-state index in [1.807, 2.05) is 46.7 Å². The van der Waals surface area contributed by atoms with Crippen LogP contribution in [-0.4, -0.2) is 34.1 Å². The molecular formula is C23H21N3O2S. The van der Waals surface area contributed by atoms with E-state index in [2.05, 4.69) is 28.4 Å². The predicted octanol–water partition coefficient (Wildman–Crippen LogP) is 4.90. The maximum Gasteiger partial charge on any atom is 0.257 e. The Morgan fingerprint density at radius 1 is 1.10 bits per heavy atom. The molecule has 5 nitrogen and oxygen atoms in total. The average Bonchev–Trinajstić information content (AvgIpc) is 3.46. The van der Waals surface area contributed by atoms with Gasteiger partial charge < -0.3 is 9.32 Å². The second-order valence-electron chi connectivity index (χ2n) is 7.42. The number of piperidine rings is 1. The zero-order valence-corrected chi connectivity index (χ0v) is 16.8. The molecule has 1 atom stereocenters. The van der Waals surface area contributed by atoms with Crippen LogP contribution in [0.25, 0.3) is 21.5 Å². The molecule has 4 aromatic rings. The molecule has 1 saturated heterocycles. The lowest BCUT2D eigenvalue weighted by molar-refractivity contribution is -0.131. The summed E-state index contributed by atoms with van der Waals surface area (Å²) in [5.74, 6) is 1.45. The van der Waals surface area contributed by atoms with Crippen molar-refractivity contribution in [3.8, 4) is 10.8 Å². The molecule has 2 aromatic carbocycles. The summed E-state index contributed by atoms with van der Waals surface area (Å²) < 4.78 is 5.92. The fourth-order valence-electron chi connectivity index (χ4n) is 4.03. The van der Waals surface area contributed by atoms with Crippen molar-refractivity contribution in [1.29, 1.82) is 0 Å². The Morgan fingerprint density at radius 2 is 2.00 bits per heavy atom. The van der Waals surface area contributed by atoms with Crippen molar-refractivity contribution in [1.82, 2.24) is 15.1 Å². The van der Waals surface area contributed by atoms with Crippen molar-refractivity contribution in [2.24, 2.45) is 0 Å². The summed E-state index contributed by atoms with van der Waals surface area (Å²) in [4.78, 5) is 16.0. The van der Waals surface area contributed by atoms with E-state index in [9.17, 15) is 4.79 Å². The van der Waals surface area contributed by atoms with Crippen molar-refractivity contribution in [3.63, 3.8) is 0 Å². The van der Waals surface area contributed by atoms with Gasteiger partial charge in [-0.05, 0) is 40.6 Å². The number of amides is 1. The van der Waals surface area contributed by atoms with E-state index in [0.717, 1.165) is 35.2 Å². The molecule has 0 aliphatic carbocycles. The molecule has 1 amide bonds. The third kappa shape index (κ3) is 3.68. The van der Waals surface area contributed by atoms with Crippen molar-refractivity contribution in [2.75, 3.05) is 13.1 Å². The highest BCUT2D eigenvalue weighted by molar-refractivity contribution is 7.13. The highest BCUT2D eigenvalue weighted by Gasteiger charge is 2.28. The Kier molecular flexibility index (Phi) is 4.86. The minimum Gasteiger partial charge on any atom is -0.420 e. The summed E-state index contributed by atoms with van der Waals surface area (Å²) in [6.45, 7) is 1.42. The SMILES string of the molecule is O=C(Cc1cccc2ccccc12)N1CCCC(c2nnc(-c3cccs3)o2)C1. The number of benzene rings is 2. The maximum atomic E-state index is 13.0. The van der Waals surface area contributed by atoms with Gasteiger partial charge in [0.15, 0.2) is 0 Å². The summed E-state index contributed by atoms with van der Waals surface area (Å²) in [5, 5.41) is 12.8. The van der Waals surface area contributed by atoms with Crippen LogP contribution in [0.5, 0.6) is 0 Å². The Morgan fingerprint density at radius 3 is 2.90 bits per heavy atom. The number of carbonyl (C=O) groups is 1. The second kappa shape index (κ2) is 7.79. The number of fused-ring (bicyclic) bond motifs is 1. The molecule has 5 rings (SSSR count). The van der Waals surface area contributed by atoms with Gasteiger partial charge in [0.25, 0.3) is 5.89 Å². The van der Waals surface area contributed by atoms with E-state index in [4.69, 9.17) is 4.42 Å². The van der Waals surface area contributed by atoms with Crippen LogP contribution >= 0.6 is 11.3 Å². The first-order chi connectivity index (χ1) is 14.3. The molecule has 3 heterocycles. The molecule has 0 spiro atoms. The molecule has 146 valence electrons. The number of rotatable bonds is 4. The first-order valence-electron chi connectivity index (χ1n) is 9.89. The van der Waals surface area contributed by atoms with Crippen LogP contribution in [0, 0.1) is 0 Å². The predicted molar refractivity (Wildman–Crippen MR) is 114 cm³/mol. The maximum absolute atomic E-state index is 13.0. The van der Waals surface area contributed by atoms with Crippen LogP contribution in [0.3, 0.4) is 0 Å². The lowest BCUT2D eigenvalue weighted by atomic mass is 9.96. The molecule has 1 aliphatic rings. The van der Waals surface area contributed by atoms with Crippen LogP contribution in [0.15, 0.2) is 64.4 Å². The number of hydrogen-bond donors (Lipinski definition) is 0. The van der Waals surface area contributed by atoms with E-state index in [1.54, 1.807) is 11.3 Å². The number of aromatic nitrogens is 2. The number of thiophene rings is 1. The van der Waals surface area contributed by atoms with E-state index in [-0.39, 0.29) is 11.8 Å². The monoisotopic (exact) mass is 403 g/mol. The van der Waals surface area contributed by atoms with Gasteiger partial charge in [-0.1, -0.05) is 48.5 Å². The molecule has 2 aromatic heterocycles. The second-order valence-corrected chi connectivity index (χ2v) is 8.36. The van der Waals surface area contributed by atoms with Gasteiger partial charge in [-0.3, -0.25) is 4.79 Å². The largest absolute Gasteiger partial charge is 0.420 e. The van der Waals surface area contributed by atoms with Gasteiger partial charge in [0, 0.05) is 13.1 Å². The van der Waals surface area contributed by atoms with Gasteiger partial charge >= 0.3 is 0 Å². The molecule has 0 radical (unpaired) electrons. The summed E-state index contributed by atoms with van der Waals surface area (Å²) in [7, 11) is 0. The van der Waals surface area contributed by atoms with Gasteiger partial charge in [0.05, 0.1) is 17.2 Å². The lowest BCUT2D eigenvalue weighted by Gasteiger charge is -2.31. The zero-order chi connectivity index (χ0) is 19.6. The number of nitrogens with zero attached hydrogens (tertiary/aromatic N) is 3. The summed E-state index contributed by atoms with van der Waals surface area (Å²) in [6.07, 6.45) is 2.32. The molecular weight excluding hydrogens is 382 g/mol. The highest BCUT2D eigenvalue weighted by atomic mass is 32.1. The van der Waals surface area contributed by atoms with Crippen molar-refractivity contribution < 1.29 is 9.21 Å². The van der Waals surface area contributed by atoms with Crippen LogP contribution < -0.4 is 0 Å². The van der Waals surface area contributed by atoms with Crippen molar-refractivity contribution in [2.45, 2.75) is 25.2 Å². The average molecular weight is 404 g/mol. The first-order valence-corrected chi connectivity index (χ1v) is 10.8. The Balaban J connectivity index is 1.31. The summed E-state index contributed by atoms with van der Waals surface area (Å²) in [6, 6.07) is 18.3. The molecule has 29 heavy (non-hydrogen) atoms. The first kappa shape index (κ1) is 18.1. The van der Waals surface area contributed by atoms with Crippen LogP contribution in [-0.2, 0) is 11.2 Å². The molecule has 6 heteroatoms. The number of carbonyl (C=O) groups excluding carboxylic acids is 1. The Bertz CT molecular complexity index is 1130. The van der Waals surface area contributed by atoms with E-state index < -0.39 is 0 Å². The third-order valence-electron chi connectivity index (χ3n) is 5.52. The summed E-state index contributed by atoms with van der Waals surface area (Å²) >= 11 is 1.58.